The van der Waals surface area contributed by atoms with Crippen molar-refractivity contribution in [2.24, 2.45) is 5.92 Å². The van der Waals surface area contributed by atoms with Gasteiger partial charge in [-0.25, -0.2) is 0 Å². The molecule has 1 saturated heterocycles. The van der Waals surface area contributed by atoms with Gasteiger partial charge in [0.25, 0.3) is 0 Å². The summed E-state index contributed by atoms with van der Waals surface area (Å²) in [6.45, 7) is 8.38. The van der Waals surface area contributed by atoms with Crippen molar-refractivity contribution in [3.05, 3.63) is 12.2 Å². The molecule has 1 N–H and O–H groups in total. The van der Waals surface area contributed by atoms with Crippen LogP contribution in [0.5, 0.6) is 0 Å². The molecule has 2 fully saturated rings. The highest BCUT2D eigenvalue weighted by Gasteiger charge is 2.35. The molecule has 0 radical (unpaired) electrons. The molecule has 0 atom stereocenters. The topological polar surface area (TPSA) is 54.2 Å². The lowest BCUT2D eigenvalue weighted by molar-refractivity contribution is -0.0393. The van der Waals surface area contributed by atoms with Crippen LogP contribution in [-0.2, 0) is 6.54 Å². The summed E-state index contributed by atoms with van der Waals surface area (Å²) in [7, 11) is 0. The second-order valence-electron chi connectivity index (χ2n) is 7.43. The molecule has 0 amide bonds. The number of likely N-dealkylation sites (tertiary alicyclic amines) is 1. The fraction of sp³-hybridized carbons (Fsp3) is 0.882. The average Bonchev–Trinajstić information content (AvgIpc) is 3.00. The van der Waals surface area contributed by atoms with Crippen LogP contribution in [0.4, 0.5) is 0 Å². The van der Waals surface area contributed by atoms with Crippen LogP contribution in [0.1, 0.15) is 64.1 Å². The zero-order chi connectivity index (χ0) is 15.6. The van der Waals surface area contributed by atoms with E-state index in [1.54, 1.807) is 0 Å². The predicted molar refractivity (Wildman–Crippen MR) is 86.7 cm³/mol. The van der Waals surface area contributed by atoms with Gasteiger partial charge in [-0.1, -0.05) is 6.92 Å². The molecule has 22 heavy (non-hydrogen) atoms. The van der Waals surface area contributed by atoms with Crippen molar-refractivity contribution >= 4 is 0 Å². The quantitative estimate of drug-likeness (QED) is 0.928. The molecule has 0 unspecified atom stereocenters. The molecule has 3 rings (SSSR count). The average molecular weight is 306 g/mol. The lowest BCUT2D eigenvalue weighted by atomic mass is 9.79. The predicted octanol–water partition coefficient (Wildman–Crippen LogP) is 2.42. The van der Waals surface area contributed by atoms with Crippen molar-refractivity contribution in [1.82, 2.24) is 19.7 Å². The Morgan fingerprint density at radius 2 is 1.91 bits per heavy atom. The van der Waals surface area contributed by atoms with Gasteiger partial charge in [-0.05, 0) is 64.5 Å². The van der Waals surface area contributed by atoms with Gasteiger partial charge in [-0.2, -0.15) is 0 Å². The van der Waals surface area contributed by atoms with Crippen LogP contribution in [0.25, 0.3) is 0 Å². The third kappa shape index (κ3) is 3.51. The van der Waals surface area contributed by atoms with E-state index in [9.17, 15) is 5.11 Å². The minimum Gasteiger partial charge on any atom is -0.389 e. The molecule has 1 aliphatic carbocycles. The first-order chi connectivity index (χ1) is 10.6. The first kappa shape index (κ1) is 15.9. The second-order valence-corrected chi connectivity index (χ2v) is 7.43. The van der Waals surface area contributed by atoms with E-state index in [2.05, 4.69) is 33.5 Å². The van der Waals surface area contributed by atoms with Crippen LogP contribution in [0.15, 0.2) is 6.33 Å². The summed E-state index contributed by atoms with van der Waals surface area (Å²) in [5.41, 5.74) is -0.442. The van der Waals surface area contributed by atoms with Crippen LogP contribution in [0.2, 0.25) is 0 Å². The molecule has 1 aromatic heterocycles. The summed E-state index contributed by atoms with van der Waals surface area (Å²) in [5, 5.41) is 19.2. The smallest absolute Gasteiger partial charge is 0.135 e. The van der Waals surface area contributed by atoms with Crippen LogP contribution >= 0.6 is 0 Å². The first-order valence-corrected chi connectivity index (χ1v) is 8.92. The van der Waals surface area contributed by atoms with E-state index in [0.29, 0.717) is 5.92 Å². The zero-order valence-corrected chi connectivity index (χ0v) is 14.0. The van der Waals surface area contributed by atoms with Crippen molar-refractivity contribution in [3.8, 4) is 0 Å². The molecule has 124 valence electrons. The van der Waals surface area contributed by atoms with E-state index in [1.807, 2.05) is 6.33 Å². The van der Waals surface area contributed by atoms with E-state index >= 15 is 0 Å². The Morgan fingerprint density at radius 3 is 2.55 bits per heavy atom. The maximum absolute atomic E-state index is 10.8. The van der Waals surface area contributed by atoms with Crippen molar-refractivity contribution in [1.29, 1.82) is 0 Å². The van der Waals surface area contributed by atoms with Gasteiger partial charge >= 0.3 is 0 Å². The Hall–Kier alpha value is -0.940. The van der Waals surface area contributed by atoms with E-state index in [4.69, 9.17) is 0 Å². The van der Waals surface area contributed by atoms with Gasteiger partial charge < -0.3 is 14.6 Å². The van der Waals surface area contributed by atoms with Crippen molar-refractivity contribution in [3.63, 3.8) is 0 Å². The van der Waals surface area contributed by atoms with Gasteiger partial charge in [0.15, 0.2) is 0 Å². The van der Waals surface area contributed by atoms with Gasteiger partial charge in [0, 0.05) is 19.0 Å². The second kappa shape index (κ2) is 6.67. The molecule has 0 spiro atoms. The lowest BCUT2D eigenvalue weighted by Crippen LogP contribution is -2.47. The third-order valence-corrected chi connectivity index (χ3v) is 5.66. The molecule has 5 nitrogen and oxygen atoms in total. The number of aliphatic hydroxyl groups is 1. The summed E-state index contributed by atoms with van der Waals surface area (Å²) in [6.07, 6.45) is 8.39. The highest BCUT2D eigenvalue weighted by atomic mass is 16.3. The first-order valence-electron chi connectivity index (χ1n) is 8.92. The molecule has 0 aromatic carbocycles. The Morgan fingerprint density at radius 1 is 1.23 bits per heavy atom. The van der Waals surface area contributed by atoms with Crippen molar-refractivity contribution in [2.45, 2.75) is 70.4 Å². The van der Waals surface area contributed by atoms with Gasteiger partial charge in [-0.3, -0.25) is 0 Å². The fourth-order valence-corrected chi connectivity index (χ4v) is 4.05. The molecule has 5 heteroatoms. The Labute approximate surface area is 133 Å². The number of hydrogen-bond acceptors (Lipinski definition) is 4. The number of aromatic nitrogens is 3. The van der Waals surface area contributed by atoms with E-state index in [1.165, 1.54) is 12.8 Å². The molecule has 0 bridgehead atoms. The summed E-state index contributed by atoms with van der Waals surface area (Å²) < 4.78 is 2.16. The fourth-order valence-electron chi connectivity index (χ4n) is 4.05. The molecular formula is C17H30N4O. The number of hydrogen-bond donors (Lipinski definition) is 1. The van der Waals surface area contributed by atoms with Gasteiger partial charge in [0.1, 0.15) is 12.2 Å². The molecule has 1 saturated carbocycles. The number of aryl methyl sites for hydroxylation is 1. The summed E-state index contributed by atoms with van der Waals surface area (Å²) in [5.74, 6) is 2.46. The lowest BCUT2D eigenvalue weighted by Gasteiger charge is -2.41. The Balaban J connectivity index is 1.52. The maximum atomic E-state index is 10.8. The monoisotopic (exact) mass is 306 g/mol. The minimum atomic E-state index is -0.442. The number of piperidine rings is 1. The highest BCUT2D eigenvalue weighted by Crippen LogP contribution is 2.34. The Bertz CT molecular complexity index is 471. The summed E-state index contributed by atoms with van der Waals surface area (Å²) >= 11 is 0. The largest absolute Gasteiger partial charge is 0.389 e. The highest BCUT2D eigenvalue weighted by molar-refractivity contribution is 4.99. The zero-order valence-electron chi connectivity index (χ0n) is 14.0. The molecule has 1 aromatic rings. The minimum absolute atomic E-state index is 0.442. The van der Waals surface area contributed by atoms with Crippen LogP contribution in [0.3, 0.4) is 0 Å². The van der Waals surface area contributed by atoms with Gasteiger partial charge in [0.05, 0.1) is 5.60 Å². The maximum Gasteiger partial charge on any atom is 0.135 e. The van der Waals surface area contributed by atoms with Crippen LogP contribution < -0.4 is 0 Å². The summed E-state index contributed by atoms with van der Waals surface area (Å²) in [4.78, 5) is 2.46. The molecule has 2 heterocycles. The van der Waals surface area contributed by atoms with Crippen LogP contribution in [-0.4, -0.2) is 50.0 Å². The number of β-amino-alcohol motifs (C(OH)–C–C–N with tert-alkyl or cyclic N) is 1. The molecular weight excluding hydrogens is 276 g/mol. The standard InChI is InChI=1S/C17H30N4O/c1-3-21-13-18-19-16(21)15-6-10-20(11-7-15)12-17(22)8-4-14(2)5-9-17/h13-15,22H,3-12H2,1-2H3. The molecule has 1 aliphatic heterocycles. The van der Waals surface area contributed by atoms with E-state index in [0.717, 1.165) is 63.6 Å². The summed E-state index contributed by atoms with van der Waals surface area (Å²) in [6, 6.07) is 0. The SMILES string of the molecule is CCn1cnnc1C1CCN(CC2(O)CCC(C)CC2)CC1. The number of rotatable bonds is 4. The Kier molecular flexibility index (Phi) is 4.83. The normalized spacial score (nSPS) is 31.5. The van der Waals surface area contributed by atoms with E-state index < -0.39 is 5.60 Å². The van der Waals surface area contributed by atoms with Gasteiger partial charge in [0.2, 0.25) is 0 Å². The van der Waals surface area contributed by atoms with Gasteiger partial charge in [-0.15, -0.1) is 10.2 Å². The number of nitrogens with zero attached hydrogens (tertiary/aromatic N) is 4. The van der Waals surface area contributed by atoms with Crippen molar-refractivity contribution < 1.29 is 5.11 Å². The third-order valence-electron chi connectivity index (χ3n) is 5.66. The van der Waals surface area contributed by atoms with Crippen LogP contribution in [0, 0.1) is 5.92 Å². The molecule has 2 aliphatic rings. The van der Waals surface area contributed by atoms with E-state index in [-0.39, 0.29) is 0 Å². The van der Waals surface area contributed by atoms with Crippen molar-refractivity contribution in [2.75, 3.05) is 19.6 Å².